The number of fused-ring (bicyclic) bond motifs is 1. The lowest BCUT2D eigenvalue weighted by Gasteiger charge is -2.24. The second-order valence-corrected chi connectivity index (χ2v) is 9.66. The second kappa shape index (κ2) is 5.89. The average molecular weight is 394 g/mol. The molecule has 0 unspecified atom stereocenters. The molecule has 0 aliphatic rings. The number of aryl methyl sites for hydroxylation is 1. The maximum Gasteiger partial charge on any atom is 0.154 e. The van der Waals surface area contributed by atoms with E-state index < -0.39 is 14.6 Å². The predicted molar refractivity (Wildman–Crippen MR) is 90.8 cm³/mol. The number of benzene rings is 1. The first kappa shape index (κ1) is 16.8. The number of hydrogen-bond acceptors (Lipinski definition) is 3. The smallest absolute Gasteiger partial charge is 0.154 e. The molecule has 116 valence electrons. The Labute approximate surface area is 138 Å². The van der Waals surface area contributed by atoms with Crippen LogP contribution in [0, 0.1) is 0 Å². The van der Waals surface area contributed by atoms with Crippen LogP contribution in [0.2, 0.25) is 0 Å². The van der Waals surface area contributed by atoms with Gasteiger partial charge in [0, 0.05) is 29.6 Å². The zero-order valence-electron chi connectivity index (χ0n) is 12.2. The molecule has 1 heterocycles. The van der Waals surface area contributed by atoms with Crippen molar-refractivity contribution in [3.05, 3.63) is 28.5 Å². The van der Waals surface area contributed by atoms with Gasteiger partial charge in [-0.3, -0.25) is 0 Å². The number of halogens is 2. The normalized spacial score (nSPS) is 13.0. The molecule has 0 amide bonds. The van der Waals surface area contributed by atoms with Gasteiger partial charge in [-0.15, -0.1) is 11.6 Å². The lowest BCUT2D eigenvalue weighted by molar-refractivity contribution is 0.501. The summed E-state index contributed by atoms with van der Waals surface area (Å²) in [4.78, 5) is 4.57. The number of hydrogen-bond donors (Lipinski definition) is 0. The van der Waals surface area contributed by atoms with Crippen LogP contribution in [-0.4, -0.2) is 34.9 Å². The van der Waals surface area contributed by atoms with Gasteiger partial charge < -0.3 is 4.57 Å². The van der Waals surface area contributed by atoms with Crippen LogP contribution in [0.1, 0.15) is 19.7 Å². The number of sulfone groups is 1. The molecule has 0 radical (unpaired) electrons. The minimum Gasteiger partial charge on any atom is -0.326 e. The second-order valence-electron chi connectivity index (χ2n) is 5.72. The first-order chi connectivity index (χ1) is 9.65. The number of nitrogens with zero attached hydrogens (tertiary/aromatic N) is 2. The van der Waals surface area contributed by atoms with Crippen molar-refractivity contribution in [3.8, 4) is 0 Å². The van der Waals surface area contributed by atoms with Crippen LogP contribution in [0.4, 0.5) is 0 Å². The summed E-state index contributed by atoms with van der Waals surface area (Å²) in [5, 5.41) is 0. The molecule has 0 bridgehead atoms. The van der Waals surface area contributed by atoms with Gasteiger partial charge in [0.2, 0.25) is 0 Å². The van der Waals surface area contributed by atoms with Crippen molar-refractivity contribution in [1.82, 2.24) is 9.55 Å². The van der Waals surface area contributed by atoms with Crippen molar-refractivity contribution in [2.24, 2.45) is 0 Å². The molecule has 0 aliphatic heterocycles. The Hall–Kier alpha value is -0.590. The van der Waals surface area contributed by atoms with Gasteiger partial charge in [-0.25, -0.2) is 13.4 Å². The molecule has 7 heteroatoms. The van der Waals surface area contributed by atoms with Crippen molar-refractivity contribution in [2.75, 3.05) is 12.1 Å². The minimum atomic E-state index is -3.18. The highest BCUT2D eigenvalue weighted by molar-refractivity contribution is 9.10. The number of imidazole rings is 1. The Morgan fingerprint density at radius 2 is 2.05 bits per heavy atom. The third-order valence-electron chi connectivity index (χ3n) is 3.65. The first-order valence-electron chi connectivity index (χ1n) is 6.56. The fraction of sp³-hybridized carbons (Fsp3) is 0.500. The van der Waals surface area contributed by atoms with E-state index in [2.05, 4.69) is 20.9 Å². The van der Waals surface area contributed by atoms with Crippen molar-refractivity contribution in [2.45, 2.75) is 31.6 Å². The van der Waals surface area contributed by atoms with E-state index >= 15 is 0 Å². The molecule has 4 nitrogen and oxygen atoms in total. The number of alkyl halides is 1. The molecule has 0 atom stereocenters. The Balaban J connectivity index is 2.60. The van der Waals surface area contributed by atoms with Crippen LogP contribution in [0.3, 0.4) is 0 Å². The van der Waals surface area contributed by atoms with Crippen molar-refractivity contribution >= 4 is 48.4 Å². The van der Waals surface area contributed by atoms with Crippen LogP contribution >= 0.6 is 27.5 Å². The van der Waals surface area contributed by atoms with E-state index in [0.29, 0.717) is 18.8 Å². The van der Waals surface area contributed by atoms with E-state index in [1.807, 2.05) is 22.8 Å². The molecule has 2 rings (SSSR count). The largest absolute Gasteiger partial charge is 0.326 e. The van der Waals surface area contributed by atoms with Crippen LogP contribution in [0.15, 0.2) is 22.7 Å². The highest BCUT2D eigenvalue weighted by Gasteiger charge is 2.32. The van der Waals surface area contributed by atoms with E-state index in [9.17, 15) is 8.42 Å². The van der Waals surface area contributed by atoms with Crippen molar-refractivity contribution < 1.29 is 8.42 Å². The molecule has 0 aliphatic carbocycles. The summed E-state index contributed by atoms with van der Waals surface area (Å²) in [5.41, 5.74) is 1.77. The Morgan fingerprint density at radius 1 is 1.38 bits per heavy atom. The molecule has 0 saturated carbocycles. The van der Waals surface area contributed by atoms with Crippen molar-refractivity contribution in [3.63, 3.8) is 0 Å². The molecule has 21 heavy (non-hydrogen) atoms. The summed E-state index contributed by atoms with van der Waals surface area (Å²) in [6.45, 7) is 3.82. The average Bonchev–Trinajstić information content (AvgIpc) is 2.66. The third-order valence-corrected chi connectivity index (χ3v) is 6.47. The molecule has 2 aromatic rings. The van der Waals surface area contributed by atoms with Gasteiger partial charge in [-0.2, -0.15) is 0 Å². The van der Waals surface area contributed by atoms with E-state index in [1.165, 1.54) is 6.26 Å². The van der Waals surface area contributed by atoms with Gasteiger partial charge in [0.05, 0.1) is 15.8 Å². The van der Waals surface area contributed by atoms with Crippen LogP contribution in [0.5, 0.6) is 0 Å². The van der Waals surface area contributed by atoms with Crippen LogP contribution < -0.4 is 0 Å². The summed E-state index contributed by atoms with van der Waals surface area (Å²) in [6, 6.07) is 5.80. The van der Waals surface area contributed by atoms with Gasteiger partial charge in [0.25, 0.3) is 0 Å². The minimum absolute atomic E-state index is 0.352. The Kier molecular flexibility index (Phi) is 4.71. The first-order valence-corrected chi connectivity index (χ1v) is 9.78. The molecule has 1 aromatic heterocycles. The highest BCUT2D eigenvalue weighted by Crippen LogP contribution is 2.26. The van der Waals surface area contributed by atoms with Crippen LogP contribution in [-0.2, 0) is 22.8 Å². The summed E-state index contributed by atoms with van der Waals surface area (Å²) in [5.74, 6) is 1.26. The number of rotatable bonds is 5. The van der Waals surface area contributed by atoms with Crippen molar-refractivity contribution in [1.29, 1.82) is 0 Å². The van der Waals surface area contributed by atoms with Gasteiger partial charge >= 0.3 is 0 Å². The van der Waals surface area contributed by atoms with E-state index in [-0.39, 0.29) is 0 Å². The topological polar surface area (TPSA) is 52.0 Å². The number of aromatic nitrogens is 2. The summed E-state index contributed by atoms with van der Waals surface area (Å²) in [6.07, 6.45) is 1.87. The quantitative estimate of drug-likeness (QED) is 0.732. The third kappa shape index (κ3) is 3.43. The maximum absolute atomic E-state index is 12.0. The van der Waals surface area contributed by atoms with Gasteiger partial charge in [-0.05, 0) is 32.0 Å². The fourth-order valence-electron chi connectivity index (χ4n) is 2.10. The molecule has 0 spiro atoms. The SMILES string of the molecule is CC(C)(Cn1c(CCCl)nc2ccc(Br)cc21)S(C)(=O)=O. The Bertz CT molecular complexity index is 769. The molecule has 0 fully saturated rings. The summed E-state index contributed by atoms with van der Waals surface area (Å²) < 4.78 is 26.0. The molecule has 0 saturated heterocycles. The fourth-order valence-corrected chi connectivity index (χ4v) is 2.98. The molecule has 0 N–H and O–H groups in total. The molecule has 1 aromatic carbocycles. The van der Waals surface area contributed by atoms with Gasteiger partial charge in [-0.1, -0.05) is 15.9 Å². The Morgan fingerprint density at radius 3 is 2.62 bits per heavy atom. The van der Waals surface area contributed by atoms with E-state index in [1.54, 1.807) is 13.8 Å². The molecular formula is C14H18BrClN2O2S. The van der Waals surface area contributed by atoms with Crippen LogP contribution in [0.25, 0.3) is 11.0 Å². The molecular weight excluding hydrogens is 376 g/mol. The lowest BCUT2D eigenvalue weighted by Crippen LogP contribution is -2.36. The zero-order chi connectivity index (χ0) is 15.8. The van der Waals surface area contributed by atoms with Gasteiger partial charge in [0.1, 0.15) is 5.82 Å². The highest BCUT2D eigenvalue weighted by atomic mass is 79.9. The predicted octanol–water partition coefficient (Wildman–Crippen LogP) is 3.40. The summed E-state index contributed by atoms with van der Waals surface area (Å²) >= 11 is 9.30. The monoisotopic (exact) mass is 392 g/mol. The zero-order valence-corrected chi connectivity index (χ0v) is 15.4. The lowest BCUT2D eigenvalue weighted by atomic mass is 10.2. The van der Waals surface area contributed by atoms with Gasteiger partial charge in [0.15, 0.2) is 9.84 Å². The standard InChI is InChI=1S/C14H18BrClN2O2S/c1-14(2,21(3,19)20)9-18-12-8-10(15)4-5-11(12)17-13(18)6-7-16/h4-5,8H,6-7,9H2,1-3H3. The van der Waals surface area contributed by atoms with E-state index in [4.69, 9.17) is 11.6 Å². The van der Waals surface area contributed by atoms with E-state index in [0.717, 1.165) is 21.3 Å². The summed E-state index contributed by atoms with van der Waals surface area (Å²) in [7, 11) is -3.18. The maximum atomic E-state index is 12.0.